The van der Waals surface area contributed by atoms with E-state index in [1.165, 1.54) is 5.69 Å². The van der Waals surface area contributed by atoms with Crippen molar-refractivity contribution in [2.75, 3.05) is 37.6 Å². The van der Waals surface area contributed by atoms with E-state index in [1.807, 2.05) is 25.1 Å². The van der Waals surface area contributed by atoms with Crippen molar-refractivity contribution in [3.8, 4) is 0 Å². The third kappa shape index (κ3) is 4.71. The molecule has 0 aromatic heterocycles. The molecule has 0 saturated carbocycles. The molecule has 0 radical (unpaired) electrons. The Morgan fingerprint density at radius 3 is 2.38 bits per heavy atom. The number of nitrogens with zero attached hydrogens (tertiary/aromatic N) is 2. The van der Waals surface area contributed by atoms with Crippen molar-refractivity contribution in [1.82, 2.24) is 10.2 Å². The Hall–Kier alpha value is -2.08. The first-order chi connectivity index (χ1) is 11.4. The minimum Gasteiger partial charge on any atom is -0.368 e. The summed E-state index contributed by atoms with van der Waals surface area (Å²) in [7, 11) is 0. The number of carbonyl (C=O) groups is 2. The number of nitrogens with two attached hydrogens (primary N) is 1. The van der Waals surface area contributed by atoms with Crippen molar-refractivity contribution in [2.45, 2.75) is 32.2 Å². The second kappa shape index (κ2) is 8.15. The largest absolute Gasteiger partial charge is 0.368 e. The Balaban J connectivity index is 1.78. The summed E-state index contributed by atoms with van der Waals surface area (Å²) < 4.78 is 0. The first-order valence-electron chi connectivity index (χ1n) is 8.59. The maximum atomic E-state index is 12.3. The van der Waals surface area contributed by atoms with Crippen LogP contribution in [-0.4, -0.2) is 55.0 Å². The van der Waals surface area contributed by atoms with Crippen LogP contribution in [0.4, 0.5) is 5.69 Å². The fraction of sp³-hybridized carbons (Fsp3) is 0.556. The van der Waals surface area contributed by atoms with Crippen LogP contribution in [0.25, 0.3) is 0 Å². The molecule has 1 saturated heterocycles. The molecule has 2 rings (SSSR count). The Morgan fingerprint density at radius 2 is 1.79 bits per heavy atom. The number of nitrogens with one attached hydrogen (secondary N) is 1. The monoisotopic (exact) mass is 332 g/mol. The molecule has 1 atom stereocenters. The SMILES string of the molecule is CCCC(C)(N)C(=O)NCC(=O)N1CCN(c2ccccc2)CC1. The molecule has 1 heterocycles. The quantitative estimate of drug-likeness (QED) is 0.814. The van der Waals surface area contributed by atoms with E-state index in [1.54, 1.807) is 11.8 Å². The van der Waals surface area contributed by atoms with Crippen molar-refractivity contribution in [3.05, 3.63) is 30.3 Å². The highest BCUT2D eigenvalue weighted by atomic mass is 16.2. The zero-order valence-corrected chi connectivity index (χ0v) is 14.6. The molecule has 3 N–H and O–H groups in total. The number of hydrogen-bond acceptors (Lipinski definition) is 4. The second-order valence-electron chi connectivity index (χ2n) is 6.55. The minimum absolute atomic E-state index is 0.0146. The molecule has 1 aromatic rings. The number of anilines is 1. The van der Waals surface area contributed by atoms with Gasteiger partial charge >= 0.3 is 0 Å². The second-order valence-corrected chi connectivity index (χ2v) is 6.55. The summed E-state index contributed by atoms with van der Waals surface area (Å²) in [6, 6.07) is 10.2. The summed E-state index contributed by atoms with van der Waals surface area (Å²) in [5.74, 6) is -0.316. The molecule has 132 valence electrons. The summed E-state index contributed by atoms with van der Waals surface area (Å²) in [4.78, 5) is 28.4. The zero-order chi connectivity index (χ0) is 17.6. The highest BCUT2D eigenvalue weighted by Gasteiger charge is 2.28. The smallest absolute Gasteiger partial charge is 0.242 e. The van der Waals surface area contributed by atoms with Crippen molar-refractivity contribution in [1.29, 1.82) is 0 Å². The topological polar surface area (TPSA) is 78.7 Å². The highest BCUT2D eigenvalue weighted by Crippen LogP contribution is 2.15. The summed E-state index contributed by atoms with van der Waals surface area (Å²) in [6.45, 7) is 6.63. The number of amides is 2. The van der Waals surface area contributed by atoms with Crippen molar-refractivity contribution in [3.63, 3.8) is 0 Å². The number of hydrogen-bond donors (Lipinski definition) is 2. The molecule has 1 aliphatic rings. The summed E-state index contributed by atoms with van der Waals surface area (Å²) in [5.41, 5.74) is 6.24. The van der Waals surface area contributed by atoms with Gasteiger partial charge in [-0.15, -0.1) is 0 Å². The molecular weight excluding hydrogens is 304 g/mol. The van der Waals surface area contributed by atoms with E-state index in [0.29, 0.717) is 19.5 Å². The molecule has 1 unspecified atom stereocenters. The van der Waals surface area contributed by atoms with Crippen LogP contribution in [0.15, 0.2) is 30.3 Å². The molecule has 1 aromatic carbocycles. The van der Waals surface area contributed by atoms with Gasteiger partial charge in [0.05, 0.1) is 12.1 Å². The van der Waals surface area contributed by atoms with E-state index in [-0.39, 0.29) is 18.4 Å². The van der Waals surface area contributed by atoms with Crippen LogP contribution < -0.4 is 16.0 Å². The van der Waals surface area contributed by atoms with E-state index >= 15 is 0 Å². The molecule has 1 aliphatic heterocycles. The van der Waals surface area contributed by atoms with Gasteiger partial charge in [0.15, 0.2) is 0 Å². The van der Waals surface area contributed by atoms with E-state index in [4.69, 9.17) is 5.73 Å². The summed E-state index contributed by atoms with van der Waals surface area (Å²) in [6.07, 6.45) is 1.43. The molecule has 24 heavy (non-hydrogen) atoms. The number of carbonyl (C=O) groups excluding carboxylic acids is 2. The fourth-order valence-electron chi connectivity index (χ4n) is 2.96. The van der Waals surface area contributed by atoms with Gasteiger partial charge in [0.2, 0.25) is 11.8 Å². The third-order valence-electron chi connectivity index (χ3n) is 4.44. The molecule has 0 aliphatic carbocycles. The zero-order valence-electron chi connectivity index (χ0n) is 14.6. The lowest BCUT2D eigenvalue weighted by Gasteiger charge is -2.36. The average Bonchev–Trinajstić information content (AvgIpc) is 2.60. The van der Waals surface area contributed by atoms with Crippen molar-refractivity contribution in [2.24, 2.45) is 5.73 Å². The molecule has 6 nitrogen and oxygen atoms in total. The molecule has 0 spiro atoms. The molecule has 0 bridgehead atoms. The first kappa shape index (κ1) is 18.3. The Kier molecular flexibility index (Phi) is 6.20. The summed E-state index contributed by atoms with van der Waals surface area (Å²) >= 11 is 0. The van der Waals surface area contributed by atoms with Gasteiger partial charge in [-0.2, -0.15) is 0 Å². The predicted molar refractivity (Wildman–Crippen MR) is 95.7 cm³/mol. The van der Waals surface area contributed by atoms with E-state index in [9.17, 15) is 9.59 Å². The van der Waals surface area contributed by atoms with Crippen LogP contribution >= 0.6 is 0 Å². The number of rotatable bonds is 6. The molecule has 1 fully saturated rings. The lowest BCUT2D eigenvalue weighted by Crippen LogP contribution is -2.55. The van der Waals surface area contributed by atoms with Gasteiger partial charge in [0.1, 0.15) is 0 Å². The Labute approximate surface area is 144 Å². The van der Waals surface area contributed by atoms with Crippen LogP contribution in [0.3, 0.4) is 0 Å². The van der Waals surface area contributed by atoms with Gasteiger partial charge in [-0.3, -0.25) is 9.59 Å². The molecular formula is C18H28N4O2. The number of para-hydroxylation sites is 1. The van der Waals surface area contributed by atoms with Crippen LogP contribution in [0.5, 0.6) is 0 Å². The van der Waals surface area contributed by atoms with E-state index < -0.39 is 5.54 Å². The van der Waals surface area contributed by atoms with Crippen molar-refractivity contribution >= 4 is 17.5 Å². The average molecular weight is 332 g/mol. The lowest BCUT2D eigenvalue weighted by atomic mass is 9.96. The van der Waals surface area contributed by atoms with E-state index in [0.717, 1.165) is 19.5 Å². The number of piperazine rings is 1. The van der Waals surface area contributed by atoms with Gasteiger partial charge in [-0.05, 0) is 25.5 Å². The van der Waals surface area contributed by atoms with Crippen molar-refractivity contribution < 1.29 is 9.59 Å². The van der Waals surface area contributed by atoms with E-state index in [2.05, 4.69) is 22.3 Å². The van der Waals surface area contributed by atoms with Gasteiger partial charge in [0, 0.05) is 31.9 Å². The van der Waals surface area contributed by atoms with Gasteiger partial charge in [-0.25, -0.2) is 0 Å². The number of benzene rings is 1. The van der Waals surface area contributed by atoms with Gasteiger partial charge < -0.3 is 20.9 Å². The Bertz CT molecular complexity index is 551. The Morgan fingerprint density at radius 1 is 1.17 bits per heavy atom. The molecule has 2 amide bonds. The highest BCUT2D eigenvalue weighted by molar-refractivity contribution is 5.89. The lowest BCUT2D eigenvalue weighted by molar-refractivity contribution is -0.134. The van der Waals surface area contributed by atoms with Crippen LogP contribution in [-0.2, 0) is 9.59 Å². The molecule has 6 heteroatoms. The van der Waals surface area contributed by atoms with Crippen LogP contribution in [0, 0.1) is 0 Å². The predicted octanol–water partition coefficient (Wildman–Crippen LogP) is 0.969. The minimum atomic E-state index is -0.916. The third-order valence-corrected chi connectivity index (χ3v) is 4.44. The summed E-state index contributed by atoms with van der Waals surface area (Å²) in [5, 5.41) is 2.68. The normalized spacial score (nSPS) is 17.3. The standard InChI is InChI=1S/C18H28N4O2/c1-3-9-18(2,19)17(24)20-14-16(23)22-12-10-21(11-13-22)15-7-5-4-6-8-15/h4-8H,3,9-14,19H2,1-2H3,(H,20,24). The van der Waals surface area contributed by atoms with Gasteiger partial charge in [0.25, 0.3) is 0 Å². The van der Waals surface area contributed by atoms with Crippen LogP contribution in [0.2, 0.25) is 0 Å². The van der Waals surface area contributed by atoms with Gasteiger partial charge in [-0.1, -0.05) is 31.5 Å². The van der Waals surface area contributed by atoms with Crippen LogP contribution in [0.1, 0.15) is 26.7 Å². The maximum absolute atomic E-state index is 12.3. The fourth-order valence-corrected chi connectivity index (χ4v) is 2.96. The maximum Gasteiger partial charge on any atom is 0.242 e. The first-order valence-corrected chi connectivity index (χ1v) is 8.59.